The van der Waals surface area contributed by atoms with Crippen molar-refractivity contribution in [3.63, 3.8) is 0 Å². The quantitative estimate of drug-likeness (QED) is 0.424. The highest BCUT2D eigenvalue weighted by atomic mass is 16.1. The number of ketones is 2. The molecule has 1 unspecified atom stereocenters. The van der Waals surface area contributed by atoms with Gasteiger partial charge in [0, 0.05) is 45.7 Å². The Morgan fingerprint density at radius 2 is 1.73 bits per heavy atom. The molecule has 162 valence electrons. The van der Waals surface area contributed by atoms with Crippen LogP contribution in [0.3, 0.4) is 0 Å². The topological polar surface area (TPSA) is 84.0 Å². The van der Waals surface area contributed by atoms with Crippen molar-refractivity contribution >= 4 is 33.8 Å². The molecular weight excluding hydrogens is 412 g/mol. The van der Waals surface area contributed by atoms with E-state index in [1.54, 1.807) is 43.7 Å². The lowest BCUT2D eigenvalue weighted by Gasteiger charge is -2.22. The van der Waals surface area contributed by atoms with Crippen LogP contribution in [0, 0.1) is 0 Å². The molecule has 0 saturated carbocycles. The SMILES string of the molecule is CC(=O)C1=C(C)Nc2cc(C(=O)c3ccccc3)ccc2NC1c1cncc2ncccc12. The van der Waals surface area contributed by atoms with Crippen molar-refractivity contribution in [1.29, 1.82) is 0 Å². The van der Waals surface area contributed by atoms with Gasteiger partial charge in [0.1, 0.15) is 0 Å². The fourth-order valence-electron chi connectivity index (χ4n) is 4.34. The van der Waals surface area contributed by atoms with E-state index in [-0.39, 0.29) is 11.6 Å². The predicted molar refractivity (Wildman–Crippen MR) is 129 cm³/mol. The summed E-state index contributed by atoms with van der Waals surface area (Å²) in [5, 5.41) is 7.80. The molecule has 0 aliphatic carbocycles. The van der Waals surface area contributed by atoms with E-state index in [2.05, 4.69) is 20.6 Å². The Bertz CT molecular complexity index is 1420. The molecule has 2 aromatic heterocycles. The number of pyridine rings is 2. The first-order chi connectivity index (χ1) is 16.0. The fraction of sp³-hybridized carbons (Fsp3) is 0.111. The Kier molecular flexibility index (Phi) is 5.18. The van der Waals surface area contributed by atoms with Crippen molar-refractivity contribution in [1.82, 2.24) is 9.97 Å². The summed E-state index contributed by atoms with van der Waals surface area (Å²) in [5.74, 6) is -0.106. The molecule has 2 aromatic carbocycles. The van der Waals surface area contributed by atoms with Gasteiger partial charge < -0.3 is 10.6 Å². The smallest absolute Gasteiger partial charge is 0.193 e. The van der Waals surface area contributed by atoms with E-state index in [1.165, 1.54) is 0 Å². The molecule has 1 aliphatic heterocycles. The minimum atomic E-state index is -0.424. The number of carbonyl (C=O) groups is 2. The highest BCUT2D eigenvalue weighted by Gasteiger charge is 2.28. The lowest BCUT2D eigenvalue weighted by atomic mass is 9.93. The van der Waals surface area contributed by atoms with E-state index >= 15 is 0 Å². The molecule has 5 rings (SSSR count). The van der Waals surface area contributed by atoms with E-state index in [9.17, 15) is 9.59 Å². The number of hydrogen-bond donors (Lipinski definition) is 2. The van der Waals surface area contributed by atoms with E-state index in [0.717, 1.165) is 33.5 Å². The van der Waals surface area contributed by atoms with Gasteiger partial charge in [-0.15, -0.1) is 0 Å². The van der Waals surface area contributed by atoms with Crippen molar-refractivity contribution in [3.05, 3.63) is 107 Å². The van der Waals surface area contributed by atoms with Gasteiger partial charge in [-0.1, -0.05) is 36.4 Å². The third-order valence-electron chi connectivity index (χ3n) is 5.88. The molecule has 0 radical (unpaired) electrons. The van der Waals surface area contributed by atoms with Gasteiger partial charge in [0.05, 0.1) is 29.1 Å². The number of aromatic nitrogens is 2. The zero-order valence-corrected chi connectivity index (χ0v) is 18.3. The number of allylic oxidation sites excluding steroid dienone is 1. The average Bonchev–Trinajstić information content (AvgIpc) is 2.98. The number of hydrogen-bond acceptors (Lipinski definition) is 6. The predicted octanol–water partition coefficient (Wildman–Crippen LogP) is 5.30. The maximum absolute atomic E-state index is 13.0. The Hall–Kier alpha value is -4.32. The third kappa shape index (κ3) is 3.76. The molecule has 0 saturated heterocycles. The molecule has 3 heterocycles. The van der Waals surface area contributed by atoms with Crippen LogP contribution in [0.25, 0.3) is 10.9 Å². The second-order valence-corrected chi connectivity index (χ2v) is 8.05. The number of anilines is 2. The van der Waals surface area contributed by atoms with Gasteiger partial charge in [-0.25, -0.2) is 0 Å². The van der Waals surface area contributed by atoms with Gasteiger partial charge in [-0.2, -0.15) is 0 Å². The van der Waals surface area contributed by atoms with E-state index in [0.29, 0.717) is 16.7 Å². The molecule has 6 heteroatoms. The van der Waals surface area contributed by atoms with Gasteiger partial charge in [0.2, 0.25) is 0 Å². The maximum atomic E-state index is 13.0. The maximum Gasteiger partial charge on any atom is 0.193 e. The molecule has 0 bridgehead atoms. The highest BCUT2D eigenvalue weighted by molar-refractivity contribution is 6.10. The third-order valence-corrected chi connectivity index (χ3v) is 5.88. The second kappa shape index (κ2) is 8.31. The molecule has 1 aliphatic rings. The summed E-state index contributed by atoms with van der Waals surface area (Å²) < 4.78 is 0. The van der Waals surface area contributed by atoms with Gasteiger partial charge in [-0.05, 0) is 38.1 Å². The summed E-state index contributed by atoms with van der Waals surface area (Å²) in [6, 6.07) is 18.1. The Morgan fingerprint density at radius 3 is 2.52 bits per heavy atom. The van der Waals surface area contributed by atoms with Crippen molar-refractivity contribution < 1.29 is 9.59 Å². The molecule has 4 aromatic rings. The number of nitrogens with one attached hydrogen (secondary N) is 2. The zero-order chi connectivity index (χ0) is 22.9. The van der Waals surface area contributed by atoms with Crippen LogP contribution in [0.1, 0.15) is 41.4 Å². The normalized spacial score (nSPS) is 15.3. The van der Waals surface area contributed by atoms with Crippen LogP contribution in [0.5, 0.6) is 0 Å². The van der Waals surface area contributed by atoms with Crippen LogP contribution in [-0.2, 0) is 4.79 Å². The number of benzene rings is 2. The summed E-state index contributed by atoms with van der Waals surface area (Å²) in [5.41, 5.74) is 5.69. The van der Waals surface area contributed by atoms with Crippen molar-refractivity contribution in [2.45, 2.75) is 19.9 Å². The summed E-state index contributed by atoms with van der Waals surface area (Å²) in [4.78, 5) is 34.5. The average molecular weight is 434 g/mol. The van der Waals surface area contributed by atoms with Crippen molar-refractivity contribution in [3.8, 4) is 0 Å². The molecule has 0 fully saturated rings. The Balaban J connectivity index is 1.62. The van der Waals surface area contributed by atoms with Gasteiger partial charge >= 0.3 is 0 Å². The molecule has 0 amide bonds. The summed E-state index contributed by atoms with van der Waals surface area (Å²) in [6.07, 6.45) is 5.22. The van der Waals surface area contributed by atoms with E-state index < -0.39 is 6.04 Å². The van der Waals surface area contributed by atoms with E-state index in [1.807, 2.05) is 49.4 Å². The van der Waals surface area contributed by atoms with Crippen LogP contribution in [0.2, 0.25) is 0 Å². The standard InChI is InChI=1S/C27H22N4O2/c1-16-25(17(2)32)26(21-14-28-15-24-20(21)9-6-12-29-24)31-22-11-10-19(13-23(22)30-16)27(33)18-7-4-3-5-8-18/h3-15,26,30-31H,1-2H3. The Labute approximate surface area is 191 Å². The fourth-order valence-corrected chi connectivity index (χ4v) is 4.34. The van der Waals surface area contributed by atoms with Crippen LogP contribution >= 0.6 is 0 Å². The first-order valence-corrected chi connectivity index (χ1v) is 10.7. The summed E-state index contributed by atoms with van der Waals surface area (Å²) in [7, 11) is 0. The summed E-state index contributed by atoms with van der Waals surface area (Å²) >= 11 is 0. The Morgan fingerprint density at radius 1 is 0.909 bits per heavy atom. The minimum Gasteiger partial charge on any atom is -0.372 e. The monoisotopic (exact) mass is 434 g/mol. The van der Waals surface area contributed by atoms with Crippen LogP contribution in [0.4, 0.5) is 11.4 Å². The van der Waals surface area contributed by atoms with E-state index in [4.69, 9.17) is 0 Å². The molecule has 0 spiro atoms. The first-order valence-electron chi connectivity index (χ1n) is 10.7. The molecule has 33 heavy (non-hydrogen) atoms. The number of Topliss-reactive ketones (excluding diaryl/α,β-unsaturated/α-hetero) is 1. The molecular formula is C27H22N4O2. The van der Waals surface area contributed by atoms with Crippen LogP contribution < -0.4 is 10.6 Å². The summed E-state index contributed by atoms with van der Waals surface area (Å²) in [6.45, 7) is 3.44. The zero-order valence-electron chi connectivity index (χ0n) is 18.3. The number of rotatable bonds is 4. The second-order valence-electron chi connectivity index (χ2n) is 8.05. The number of nitrogens with zero attached hydrogens (tertiary/aromatic N) is 2. The lowest BCUT2D eigenvalue weighted by molar-refractivity contribution is -0.113. The number of carbonyl (C=O) groups excluding carboxylic acids is 2. The first kappa shape index (κ1) is 20.6. The molecule has 2 N–H and O–H groups in total. The van der Waals surface area contributed by atoms with Gasteiger partial charge in [-0.3, -0.25) is 19.6 Å². The van der Waals surface area contributed by atoms with Gasteiger partial charge in [0.25, 0.3) is 0 Å². The largest absolute Gasteiger partial charge is 0.372 e. The number of fused-ring (bicyclic) bond motifs is 2. The van der Waals surface area contributed by atoms with Crippen molar-refractivity contribution in [2.24, 2.45) is 0 Å². The van der Waals surface area contributed by atoms with Crippen LogP contribution in [0.15, 0.2) is 90.5 Å². The van der Waals surface area contributed by atoms with Crippen molar-refractivity contribution in [2.75, 3.05) is 10.6 Å². The van der Waals surface area contributed by atoms with Crippen LogP contribution in [-0.4, -0.2) is 21.5 Å². The van der Waals surface area contributed by atoms with Gasteiger partial charge in [0.15, 0.2) is 11.6 Å². The highest BCUT2D eigenvalue weighted by Crippen LogP contribution is 2.39. The minimum absolute atomic E-state index is 0.0493. The molecule has 1 atom stereocenters. The molecule has 6 nitrogen and oxygen atoms in total. The lowest BCUT2D eigenvalue weighted by Crippen LogP contribution is -2.19.